The molecular weight excluding hydrogens is 328 g/mol. The molecular formula is C17H25BrN2O. The summed E-state index contributed by atoms with van der Waals surface area (Å²) in [4.78, 5) is 2.35. The van der Waals surface area contributed by atoms with E-state index in [1.165, 1.54) is 5.56 Å². The highest BCUT2D eigenvalue weighted by molar-refractivity contribution is 9.10. The van der Waals surface area contributed by atoms with Crippen LogP contribution in [0.4, 0.5) is 0 Å². The number of hydrogen-bond donors (Lipinski definition) is 1. The Balaban J connectivity index is 1.68. The molecule has 2 aliphatic rings. The number of ether oxygens (including phenoxy) is 1. The van der Waals surface area contributed by atoms with Gasteiger partial charge < -0.3 is 15.4 Å². The Labute approximate surface area is 136 Å². The molecule has 2 N–H and O–H groups in total. The number of nitrogens with two attached hydrogens (primary N) is 1. The summed E-state index contributed by atoms with van der Waals surface area (Å²) in [6, 6.07) is 8.48. The number of hydrogen-bond acceptors (Lipinski definition) is 3. The molecule has 1 aliphatic heterocycles. The van der Waals surface area contributed by atoms with E-state index in [2.05, 4.69) is 66.0 Å². The maximum absolute atomic E-state index is 6.82. The predicted molar refractivity (Wildman–Crippen MR) is 89.0 cm³/mol. The number of benzene rings is 1. The van der Waals surface area contributed by atoms with Crippen molar-refractivity contribution in [1.82, 2.24) is 4.90 Å². The van der Waals surface area contributed by atoms with Gasteiger partial charge in [-0.2, -0.15) is 0 Å². The molecule has 1 aliphatic carbocycles. The van der Waals surface area contributed by atoms with Crippen LogP contribution in [0.2, 0.25) is 0 Å². The minimum atomic E-state index is -0.144. The lowest BCUT2D eigenvalue weighted by Crippen LogP contribution is -2.77. The van der Waals surface area contributed by atoms with Crippen molar-refractivity contribution in [2.24, 2.45) is 17.1 Å². The van der Waals surface area contributed by atoms with E-state index in [1.54, 1.807) is 0 Å². The fraction of sp³-hybridized carbons (Fsp3) is 0.647. The molecule has 1 aromatic carbocycles. The Morgan fingerprint density at radius 2 is 2.19 bits per heavy atom. The molecule has 3 unspecified atom stereocenters. The van der Waals surface area contributed by atoms with Crippen LogP contribution in [0.3, 0.4) is 0 Å². The van der Waals surface area contributed by atoms with Crippen LogP contribution < -0.4 is 5.73 Å². The second kappa shape index (κ2) is 5.34. The first kappa shape index (κ1) is 15.5. The Kier molecular flexibility index (Phi) is 3.93. The summed E-state index contributed by atoms with van der Waals surface area (Å²) in [7, 11) is 2.16. The monoisotopic (exact) mass is 352 g/mol. The highest BCUT2D eigenvalue weighted by Crippen LogP contribution is 2.58. The third-order valence-corrected chi connectivity index (χ3v) is 6.03. The van der Waals surface area contributed by atoms with Crippen LogP contribution in [0.15, 0.2) is 28.7 Å². The van der Waals surface area contributed by atoms with Crippen molar-refractivity contribution in [1.29, 1.82) is 0 Å². The largest absolute Gasteiger partial charge is 0.377 e. The maximum atomic E-state index is 6.82. The highest BCUT2D eigenvalue weighted by atomic mass is 79.9. The summed E-state index contributed by atoms with van der Waals surface area (Å²) in [5.41, 5.74) is 8.04. The van der Waals surface area contributed by atoms with E-state index in [9.17, 15) is 0 Å². The topological polar surface area (TPSA) is 38.5 Å². The lowest BCUT2D eigenvalue weighted by molar-refractivity contribution is -0.162. The molecule has 0 radical (unpaired) electrons. The van der Waals surface area contributed by atoms with Gasteiger partial charge in [0.05, 0.1) is 6.10 Å². The molecule has 21 heavy (non-hydrogen) atoms. The van der Waals surface area contributed by atoms with E-state index in [4.69, 9.17) is 10.5 Å². The zero-order valence-corrected chi connectivity index (χ0v) is 14.7. The summed E-state index contributed by atoms with van der Waals surface area (Å²) < 4.78 is 7.00. The van der Waals surface area contributed by atoms with E-state index >= 15 is 0 Å². The molecule has 0 bridgehead atoms. The lowest BCUT2D eigenvalue weighted by Gasteiger charge is -2.63. The Morgan fingerprint density at radius 1 is 1.43 bits per heavy atom. The van der Waals surface area contributed by atoms with Gasteiger partial charge in [0, 0.05) is 41.0 Å². The summed E-state index contributed by atoms with van der Waals surface area (Å²) in [5.74, 6) is 0.512. The summed E-state index contributed by atoms with van der Waals surface area (Å²) in [5, 5.41) is 0. The average molecular weight is 353 g/mol. The Hall–Kier alpha value is -0.420. The molecule has 116 valence electrons. The van der Waals surface area contributed by atoms with Gasteiger partial charge in [0.1, 0.15) is 0 Å². The Morgan fingerprint density at radius 3 is 2.90 bits per heavy atom. The van der Waals surface area contributed by atoms with Crippen LogP contribution in [0.1, 0.15) is 25.8 Å². The van der Waals surface area contributed by atoms with Gasteiger partial charge in [-0.3, -0.25) is 0 Å². The van der Waals surface area contributed by atoms with Crippen LogP contribution in [0.5, 0.6) is 0 Å². The lowest BCUT2D eigenvalue weighted by atomic mass is 9.48. The minimum absolute atomic E-state index is 0.0553. The second-order valence-electron chi connectivity index (χ2n) is 7.25. The van der Waals surface area contributed by atoms with Gasteiger partial charge >= 0.3 is 0 Å². The van der Waals surface area contributed by atoms with Crippen molar-refractivity contribution in [2.75, 3.05) is 20.2 Å². The molecule has 1 saturated heterocycles. The maximum Gasteiger partial charge on any atom is 0.0691 e. The molecule has 1 saturated carbocycles. The normalized spacial score (nSPS) is 33.8. The predicted octanol–water partition coefficient (Wildman–Crippen LogP) is 3.02. The van der Waals surface area contributed by atoms with Crippen molar-refractivity contribution in [3.8, 4) is 0 Å². The minimum Gasteiger partial charge on any atom is -0.377 e. The van der Waals surface area contributed by atoms with Gasteiger partial charge in [-0.25, -0.2) is 0 Å². The first-order chi connectivity index (χ1) is 9.84. The van der Waals surface area contributed by atoms with Crippen LogP contribution in [-0.2, 0) is 11.3 Å². The first-order valence-electron chi connectivity index (χ1n) is 7.68. The van der Waals surface area contributed by atoms with Gasteiger partial charge in [-0.15, -0.1) is 0 Å². The van der Waals surface area contributed by atoms with E-state index < -0.39 is 0 Å². The highest BCUT2D eigenvalue weighted by Gasteiger charge is 2.67. The van der Waals surface area contributed by atoms with Gasteiger partial charge in [0.2, 0.25) is 0 Å². The van der Waals surface area contributed by atoms with Crippen LogP contribution in [0, 0.1) is 11.3 Å². The molecule has 1 aromatic rings. The van der Waals surface area contributed by atoms with Crippen molar-refractivity contribution in [2.45, 2.75) is 38.5 Å². The van der Waals surface area contributed by atoms with E-state index in [0.29, 0.717) is 12.0 Å². The van der Waals surface area contributed by atoms with Gasteiger partial charge in [0.15, 0.2) is 0 Å². The van der Waals surface area contributed by atoms with Crippen LogP contribution >= 0.6 is 15.9 Å². The number of rotatable bonds is 4. The molecule has 3 atom stereocenters. The third kappa shape index (κ3) is 2.46. The van der Waals surface area contributed by atoms with Crippen LogP contribution in [-0.4, -0.2) is 36.7 Å². The fourth-order valence-electron chi connectivity index (χ4n) is 4.25. The number of likely N-dealkylation sites (N-methyl/N-ethyl adjacent to an activating group) is 1. The number of halogens is 1. The number of fused-ring (bicyclic) bond motifs is 1. The molecule has 0 spiro atoms. The fourth-order valence-corrected chi connectivity index (χ4v) is 4.69. The first-order valence-corrected chi connectivity index (χ1v) is 8.47. The molecule has 3 rings (SSSR count). The van der Waals surface area contributed by atoms with E-state index in [1.807, 2.05) is 0 Å². The van der Waals surface area contributed by atoms with Crippen molar-refractivity contribution < 1.29 is 4.74 Å². The molecule has 2 fully saturated rings. The zero-order valence-electron chi connectivity index (χ0n) is 13.1. The summed E-state index contributed by atoms with van der Waals surface area (Å²) in [6.45, 7) is 7.22. The molecule has 1 heterocycles. The quantitative estimate of drug-likeness (QED) is 0.904. The van der Waals surface area contributed by atoms with E-state index in [-0.39, 0.29) is 11.0 Å². The summed E-state index contributed by atoms with van der Waals surface area (Å²) >= 11 is 3.53. The molecule has 3 nitrogen and oxygen atoms in total. The zero-order chi connectivity index (χ0) is 15.3. The summed E-state index contributed by atoms with van der Waals surface area (Å²) in [6.07, 6.45) is 1.46. The Bertz CT molecular complexity index is 533. The molecule has 0 amide bonds. The van der Waals surface area contributed by atoms with Gasteiger partial charge in [0.25, 0.3) is 0 Å². The second-order valence-corrected chi connectivity index (χ2v) is 8.17. The molecule has 0 aromatic heterocycles. The van der Waals surface area contributed by atoms with E-state index in [0.717, 1.165) is 30.6 Å². The van der Waals surface area contributed by atoms with Crippen LogP contribution in [0.25, 0.3) is 0 Å². The van der Waals surface area contributed by atoms with Crippen molar-refractivity contribution in [3.05, 3.63) is 34.3 Å². The molecule has 4 heteroatoms. The number of nitrogens with zero attached hydrogens (tertiary/aromatic N) is 1. The third-order valence-electron chi connectivity index (χ3n) is 5.54. The van der Waals surface area contributed by atoms with Gasteiger partial charge in [-0.05, 0) is 31.2 Å². The standard InChI is InChI=1S/C17H25BrN2O/c1-16(2)15-14(7-8-21-15)17(16,19)11-20(3)10-12-5-4-6-13(18)9-12/h4-6,9,14-15H,7-8,10-11,19H2,1-3H3. The smallest absolute Gasteiger partial charge is 0.0691 e. The van der Waals surface area contributed by atoms with Crippen molar-refractivity contribution in [3.63, 3.8) is 0 Å². The SMILES string of the molecule is CN(Cc1cccc(Br)c1)CC1(N)C2CCOC2C1(C)C. The average Bonchev–Trinajstić information content (AvgIpc) is 2.86. The van der Waals surface area contributed by atoms with Crippen molar-refractivity contribution >= 4 is 15.9 Å². The van der Waals surface area contributed by atoms with Gasteiger partial charge in [-0.1, -0.05) is 41.9 Å².